The van der Waals surface area contributed by atoms with E-state index in [1.165, 1.54) is 5.56 Å². The third-order valence-electron chi connectivity index (χ3n) is 3.92. The maximum atomic E-state index is 10.1. The molecule has 0 saturated heterocycles. The number of fused-ring (bicyclic) bond motifs is 1. The van der Waals surface area contributed by atoms with Crippen LogP contribution in [0.1, 0.15) is 51.7 Å². The summed E-state index contributed by atoms with van der Waals surface area (Å²) in [5.74, 6) is 0.354. The highest BCUT2D eigenvalue weighted by Gasteiger charge is 2.38. The molecular weight excluding hydrogens is 195 g/mol. The molecule has 1 nitrogen and oxygen atoms in total. The lowest BCUT2D eigenvalue weighted by molar-refractivity contribution is 0.318. The predicted octanol–water partition coefficient (Wildman–Crippen LogP) is 2.54. The van der Waals surface area contributed by atoms with Gasteiger partial charge in [-0.05, 0) is 35.3 Å². The molecule has 0 aromatic heterocycles. The first-order valence-corrected chi connectivity index (χ1v) is 5.87. The van der Waals surface area contributed by atoms with E-state index in [0.717, 1.165) is 18.4 Å². The van der Waals surface area contributed by atoms with Gasteiger partial charge in [-0.2, -0.15) is 0 Å². The minimum Gasteiger partial charge on any atom is -0.508 e. The van der Waals surface area contributed by atoms with Gasteiger partial charge in [0.15, 0.2) is 0 Å². The molecule has 2 heteroatoms. The van der Waals surface area contributed by atoms with Crippen LogP contribution in [-0.4, -0.2) is 13.0 Å². The number of phenolic OH excluding ortho intramolecular Hbond substituents is 1. The van der Waals surface area contributed by atoms with Gasteiger partial charge in [-0.25, -0.2) is 0 Å². The van der Waals surface area contributed by atoms with Crippen LogP contribution in [0.2, 0.25) is 0 Å². The number of rotatable bonds is 0. The standard InChI is InChI=1S/C14H19BO/c1-13(2)5-6-14(3,4)12-10(13)7-9(15)8-11(12)16/h7-8,16H,5-6H2,1-4H3. The Hall–Kier alpha value is -0.915. The van der Waals surface area contributed by atoms with Gasteiger partial charge < -0.3 is 5.11 Å². The minimum absolute atomic E-state index is 0.0443. The highest BCUT2D eigenvalue weighted by Crippen LogP contribution is 2.48. The first-order valence-electron chi connectivity index (χ1n) is 5.87. The van der Waals surface area contributed by atoms with E-state index in [0.29, 0.717) is 11.2 Å². The summed E-state index contributed by atoms with van der Waals surface area (Å²) in [6.07, 6.45) is 2.24. The second-order valence-corrected chi connectivity index (χ2v) is 6.23. The fraction of sp³-hybridized carbons (Fsp3) is 0.571. The molecule has 0 atom stereocenters. The molecule has 0 amide bonds. The number of benzene rings is 1. The number of hydrogen-bond donors (Lipinski definition) is 1. The van der Waals surface area contributed by atoms with Gasteiger partial charge in [-0.1, -0.05) is 39.2 Å². The van der Waals surface area contributed by atoms with Crippen LogP contribution < -0.4 is 5.46 Å². The van der Waals surface area contributed by atoms with Crippen LogP contribution in [-0.2, 0) is 10.8 Å². The normalized spacial score (nSPS) is 21.5. The van der Waals surface area contributed by atoms with E-state index in [9.17, 15) is 5.11 Å². The summed E-state index contributed by atoms with van der Waals surface area (Å²) < 4.78 is 0. The van der Waals surface area contributed by atoms with Crippen molar-refractivity contribution in [2.24, 2.45) is 0 Å². The zero-order chi connectivity index (χ0) is 12.1. The van der Waals surface area contributed by atoms with E-state index in [2.05, 4.69) is 27.7 Å². The molecule has 2 radical (unpaired) electrons. The maximum absolute atomic E-state index is 10.1. The van der Waals surface area contributed by atoms with Gasteiger partial charge in [0.1, 0.15) is 13.6 Å². The summed E-state index contributed by atoms with van der Waals surface area (Å²) >= 11 is 0. The highest BCUT2D eigenvalue weighted by molar-refractivity contribution is 6.32. The Labute approximate surface area is 99.3 Å². The van der Waals surface area contributed by atoms with Crippen LogP contribution >= 0.6 is 0 Å². The van der Waals surface area contributed by atoms with E-state index in [4.69, 9.17) is 7.85 Å². The lowest BCUT2D eigenvalue weighted by Crippen LogP contribution is -2.35. The second-order valence-electron chi connectivity index (χ2n) is 6.23. The van der Waals surface area contributed by atoms with Crippen molar-refractivity contribution in [2.45, 2.75) is 51.4 Å². The van der Waals surface area contributed by atoms with E-state index in [-0.39, 0.29) is 10.8 Å². The third-order valence-corrected chi connectivity index (χ3v) is 3.92. The highest BCUT2D eigenvalue weighted by atomic mass is 16.3. The molecule has 1 aliphatic carbocycles. The molecule has 0 aliphatic heterocycles. The zero-order valence-electron chi connectivity index (χ0n) is 10.6. The molecule has 0 bridgehead atoms. The van der Waals surface area contributed by atoms with E-state index in [1.54, 1.807) is 6.07 Å². The van der Waals surface area contributed by atoms with E-state index < -0.39 is 0 Å². The number of aromatic hydroxyl groups is 1. The monoisotopic (exact) mass is 214 g/mol. The summed E-state index contributed by atoms with van der Waals surface area (Å²) in [6, 6.07) is 3.69. The van der Waals surface area contributed by atoms with Crippen molar-refractivity contribution in [3.8, 4) is 5.75 Å². The molecule has 16 heavy (non-hydrogen) atoms. The zero-order valence-corrected chi connectivity index (χ0v) is 10.6. The average molecular weight is 214 g/mol. The van der Waals surface area contributed by atoms with Crippen LogP contribution in [0.5, 0.6) is 5.75 Å². The molecule has 0 spiro atoms. The molecule has 0 fully saturated rings. The summed E-state index contributed by atoms with van der Waals surface area (Å²) in [5.41, 5.74) is 3.10. The predicted molar refractivity (Wildman–Crippen MR) is 68.8 cm³/mol. The van der Waals surface area contributed by atoms with Gasteiger partial charge in [-0.15, -0.1) is 0 Å². The van der Waals surface area contributed by atoms with Gasteiger partial charge in [0, 0.05) is 5.56 Å². The van der Waals surface area contributed by atoms with Crippen molar-refractivity contribution in [2.75, 3.05) is 0 Å². The molecule has 1 aromatic carbocycles. The lowest BCUT2D eigenvalue weighted by atomic mass is 9.62. The smallest absolute Gasteiger partial charge is 0.119 e. The lowest BCUT2D eigenvalue weighted by Gasteiger charge is -2.42. The minimum atomic E-state index is 0.0443. The van der Waals surface area contributed by atoms with Crippen molar-refractivity contribution in [3.63, 3.8) is 0 Å². The van der Waals surface area contributed by atoms with Gasteiger partial charge in [0.2, 0.25) is 0 Å². The summed E-state index contributed by atoms with van der Waals surface area (Å²) in [5, 5.41) is 10.1. The van der Waals surface area contributed by atoms with Crippen molar-refractivity contribution < 1.29 is 5.11 Å². The Morgan fingerprint density at radius 2 is 1.62 bits per heavy atom. The average Bonchev–Trinajstić information content (AvgIpc) is 2.11. The van der Waals surface area contributed by atoms with Crippen molar-refractivity contribution in [1.82, 2.24) is 0 Å². The Balaban J connectivity index is 2.74. The first kappa shape index (κ1) is 11.6. The molecule has 1 aromatic rings. The number of hydrogen-bond acceptors (Lipinski definition) is 1. The molecule has 2 rings (SSSR count). The van der Waals surface area contributed by atoms with E-state index >= 15 is 0 Å². The largest absolute Gasteiger partial charge is 0.508 e. The van der Waals surface area contributed by atoms with Crippen LogP contribution in [0, 0.1) is 0 Å². The maximum Gasteiger partial charge on any atom is 0.119 e. The Bertz CT molecular complexity index is 433. The fourth-order valence-electron chi connectivity index (χ4n) is 2.78. The molecule has 1 aliphatic rings. The van der Waals surface area contributed by atoms with Gasteiger partial charge in [0.05, 0.1) is 0 Å². The first-order chi connectivity index (χ1) is 7.24. The van der Waals surface area contributed by atoms with Crippen molar-refractivity contribution in [1.29, 1.82) is 0 Å². The van der Waals surface area contributed by atoms with Gasteiger partial charge in [-0.3, -0.25) is 0 Å². The summed E-state index contributed by atoms with van der Waals surface area (Å²) in [6.45, 7) is 8.83. The molecule has 0 saturated carbocycles. The van der Waals surface area contributed by atoms with Crippen LogP contribution in [0.15, 0.2) is 12.1 Å². The Kier molecular flexibility index (Phi) is 2.38. The van der Waals surface area contributed by atoms with Crippen molar-refractivity contribution >= 4 is 13.3 Å². The fourth-order valence-corrected chi connectivity index (χ4v) is 2.78. The van der Waals surface area contributed by atoms with Gasteiger partial charge >= 0.3 is 0 Å². The number of phenols is 1. The van der Waals surface area contributed by atoms with Gasteiger partial charge in [0.25, 0.3) is 0 Å². The van der Waals surface area contributed by atoms with Crippen LogP contribution in [0.3, 0.4) is 0 Å². The summed E-state index contributed by atoms with van der Waals surface area (Å²) in [4.78, 5) is 0. The Morgan fingerprint density at radius 3 is 2.25 bits per heavy atom. The van der Waals surface area contributed by atoms with Crippen LogP contribution in [0.25, 0.3) is 0 Å². The Morgan fingerprint density at radius 1 is 1.06 bits per heavy atom. The van der Waals surface area contributed by atoms with Crippen molar-refractivity contribution in [3.05, 3.63) is 23.3 Å². The molecular formula is C14H19BO. The van der Waals surface area contributed by atoms with Crippen LogP contribution in [0.4, 0.5) is 0 Å². The molecule has 84 valence electrons. The third kappa shape index (κ3) is 1.64. The molecule has 0 heterocycles. The topological polar surface area (TPSA) is 20.2 Å². The van der Waals surface area contributed by atoms with E-state index in [1.807, 2.05) is 6.07 Å². The molecule has 0 unspecified atom stereocenters. The SMILES string of the molecule is [B]c1cc(O)c2c(c1)C(C)(C)CCC2(C)C. The summed E-state index contributed by atoms with van der Waals surface area (Å²) in [7, 11) is 5.83. The second kappa shape index (κ2) is 3.29. The quantitative estimate of drug-likeness (QED) is 0.658. The molecule has 1 N–H and O–H groups in total.